The van der Waals surface area contributed by atoms with Crippen molar-refractivity contribution in [2.75, 3.05) is 6.54 Å². The van der Waals surface area contributed by atoms with Gasteiger partial charge in [0.1, 0.15) is 5.76 Å². The molecule has 0 spiro atoms. The zero-order valence-electron chi connectivity index (χ0n) is 14.5. The van der Waals surface area contributed by atoms with Crippen molar-refractivity contribution in [3.63, 3.8) is 0 Å². The number of halogens is 1. The Morgan fingerprint density at radius 3 is 2.35 bits per heavy atom. The lowest BCUT2D eigenvalue weighted by molar-refractivity contribution is -0.139. The Morgan fingerprint density at radius 1 is 1.08 bits per heavy atom. The van der Waals surface area contributed by atoms with E-state index < -0.39 is 17.7 Å². The summed E-state index contributed by atoms with van der Waals surface area (Å²) in [5.74, 6) is -1.37. The first-order valence-corrected chi connectivity index (χ1v) is 9.01. The number of ketones is 1. The monoisotopic (exact) mass is 369 g/mol. The molecule has 0 aromatic heterocycles. The first-order chi connectivity index (χ1) is 12.5. The van der Waals surface area contributed by atoms with Gasteiger partial charge in [-0.3, -0.25) is 9.59 Å². The van der Waals surface area contributed by atoms with E-state index in [1.165, 1.54) is 0 Å². The van der Waals surface area contributed by atoms with Gasteiger partial charge >= 0.3 is 0 Å². The molecule has 1 atom stereocenters. The second-order valence-corrected chi connectivity index (χ2v) is 6.70. The van der Waals surface area contributed by atoms with Crippen LogP contribution in [0.25, 0.3) is 5.76 Å². The number of amides is 1. The lowest BCUT2D eigenvalue weighted by atomic mass is 9.95. The van der Waals surface area contributed by atoms with Crippen LogP contribution in [0.3, 0.4) is 0 Å². The zero-order valence-corrected chi connectivity index (χ0v) is 15.2. The lowest BCUT2D eigenvalue weighted by Gasteiger charge is -2.25. The summed E-state index contributed by atoms with van der Waals surface area (Å²) in [5, 5.41) is 11.4. The van der Waals surface area contributed by atoms with Gasteiger partial charge in [-0.05, 0) is 24.1 Å². The number of nitrogens with zero attached hydrogens (tertiary/aromatic N) is 1. The van der Waals surface area contributed by atoms with Gasteiger partial charge in [0.25, 0.3) is 11.7 Å². The van der Waals surface area contributed by atoms with Crippen LogP contribution in [0.2, 0.25) is 5.02 Å². The molecule has 1 aliphatic rings. The summed E-state index contributed by atoms with van der Waals surface area (Å²) in [6.45, 7) is 2.48. The Morgan fingerprint density at radius 2 is 1.73 bits per heavy atom. The molecule has 26 heavy (non-hydrogen) atoms. The van der Waals surface area contributed by atoms with E-state index in [9.17, 15) is 14.7 Å². The first-order valence-electron chi connectivity index (χ1n) is 8.64. The molecular weight excluding hydrogens is 350 g/mol. The van der Waals surface area contributed by atoms with Gasteiger partial charge in [-0.25, -0.2) is 0 Å². The minimum atomic E-state index is -0.651. The van der Waals surface area contributed by atoms with Gasteiger partial charge in [-0.1, -0.05) is 67.4 Å². The number of rotatable bonds is 5. The molecule has 1 N–H and O–H groups in total. The summed E-state index contributed by atoms with van der Waals surface area (Å²) in [7, 11) is 0. The number of hydrogen-bond acceptors (Lipinski definition) is 3. The average Bonchev–Trinajstić information content (AvgIpc) is 2.91. The lowest BCUT2D eigenvalue weighted by Crippen LogP contribution is -2.30. The van der Waals surface area contributed by atoms with E-state index in [1.54, 1.807) is 53.4 Å². The van der Waals surface area contributed by atoms with Crippen LogP contribution >= 0.6 is 11.6 Å². The van der Waals surface area contributed by atoms with Crippen molar-refractivity contribution in [1.29, 1.82) is 0 Å². The molecule has 5 heteroatoms. The average molecular weight is 370 g/mol. The van der Waals surface area contributed by atoms with Crippen LogP contribution in [0.5, 0.6) is 0 Å². The van der Waals surface area contributed by atoms with Crippen molar-refractivity contribution < 1.29 is 14.7 Å². The Kier molecular flexibility index (Phi) is 5.43. The van der Waals surface area contributed by atoms with Gasteiger partial charge in [-0.15, -0.1) is 0 Å². The number of hydrogen-bond donors (Lipinski definition) is 1. The van der Waals surface area contributed by atoms with Crippen molar-refractivity contribution in [1.82, 2.24) is 4.90 Å². The highest BCUT2D eigenvalue weighted by molar-refractivity contribution is 6.46. The Bertz CT molecular complexity index is 843. The topological polar surface area (TPSA) is 57.6 Å². The second-order valence-electron chi connectivity index (χ2n) is 6.26. The molecule has 2 aromatic carbocycles. The van der Waals surface area contributed by atoms with Crippen LogP contribution in [-0.2, 0) is 9.59 Å². The molecule has 1 amide bonds. The number of likely N-dealkylation sites (tertiary alicyclic amines) is 1. The van der Waals surface area contributed by atoms with Gasteiger partial charge in [0.15, 0.2) is 0 Å². The molecule has 4 nitrogen and oxygen atoms in total. The Labute approximate surface area is 157 Å². The van der Waals surface area contributed by atoms with Crippen LogP contribution in [0.1, 0.15) is 36.9 Å². The maximum atomic E-state index is 12.7. The van der Waals surface area contributed by atoms with E-state index in [0.717, 1.165) is 18.4 Å². The van der Waals surface area contributed by atoms with Crippen LogP contribution < -0.4 is 0 Å². The number of carbonyl (C=O) groups is 2. The van der Waals surface area contributed by atoms with E-state index in [4.69, 9.17) is 11.6 Å². The van der Waals surface area contributed by atoms with Gasteiger partial charge in [0.05, 0.1) is 11.6 Å². The smallest absolute Gasteiger partial charge is 0.295 e. The fraction of sp³-hybridized carbons (Fsp3) is 0.238. The van der Waals surface area contributed by atoms with Gasteiger partial charge < -0.3 is 10.0 Å². The molecule has 1 heterocycles. The minimum Gasteiger partial charge on any atom is -0.507 e. The summed E-state index contributed by atoms with van der Waals surface area (Å²) >= 11 is 5.98. The predicted molar refractivity (Wildman–Crippen MR) is 102 cm³/mol. The highest BCUT2D eigenvalue weighted by Gasteiger charge is 2.45. The third-order valence-electron chi connectivity index (χ3n) is 4.53. The number of aliphatic hydroxyl groups is 1. The highest BCUT2D eigenvalue weighted by Crippen LogP contribution is 2.39. The van der Waals surface area contributed by atoms with Gasteiger partial charge in [-0.2, -0.15) is 0 Å². The third kappa shape index (κ3) is 3.37. The predicted octanol–water partition coefficient (Wildman–Crippen LogP) is 4.56. The van der Waals surface area contributed by atoms with Gasteiger partial charge in [0.2, 0.25) is 0 Å². The van der Waals surface area contributed by atoms with Crippen LogP contribution in [0.15, 0.2) is 60.2 Å². The molecule has 3 rings (SSSR count). The molecule has 1 saturated heterocycles. The molecular formula is C21H20ClNO3. The second kappa shape index (κ2) is 7.75. The number of carbonyl (C=O) groups excluding carboxylic acids is 2. The maximum Gasteiger partial charge on any atom is 0.295 e. The molecule has 0 saturated carbocycles. The van der Waals surface area contributed by atoms with E-state index in [-0.39, 0.29) is 11.3 Å². The van der Waals surface area contributed by atoms with Crippen molar-refractivity contribution in [3.05, 3.63) is 76.3 Å². The van der Waals surface area contributed by atoms with E-state index in [2.05, 4.69) is 0 Å². The summed E-state index contributed by atoms with van der Waals surface area (Å²) in [5.41, 5.74) is 1.39. The standard InChI is InChI=1S/C21H20ClNO3/c1-2-3-13-23-18(14-9-11-16(22)12-10-14)17(20(25)21(23)26)19(24)15-7-5-4-6-8-15/h4-12,18,24H,2-3,13H2,1H3/b19-17+/t18-/m1/s1. The van der Waals surface area contributed by atoms with E-state index >= 15 is 0 Å². The number of unbranched alkanes of at least 4 members (excludes halogenated alkanes) is 1. The van der Waals surface area contributed by atoms with Crippen molar-refractivity contribution >= 4 is 29.1 Å². The Balaban J connectivity index is 2.15. The maximum absolute atomic E-state index is 12.7. The quantitative estimate of drug-likeness (QED) is 0.477. The van der Waals surface area contributed by atoms with Gasteiger partial charge in [0, 0.05) is 17.1 Å². The van der Waals surface area contributed by atoms with Crippen LogP contribution in [-0.4, -0.2) is 28.2 Å². The SMILES string of the molecule is CCCCN1C(=O)C(=O)/C(=C(/O)c2ccccc2)[C@H]1c1ccc(Cl)cc1. The Hall–Kier alpha value is -2.59. The molecule has 2 aromatic rings. The molecule has 1 fully saturated rings. The summed E-state index contributed by atoms with van der Waals surface area (Å²) in [4.78, 5) is 26.9. The minimum absolute atomic E-state index is 0.125. The normalized spacial score (nSPS) is 19.2. The fourth-order valence-electron chi connectivity index (χ4n) is 3.18. The van der Waals surface area contributed by atoms with E-state index in [1.807, 2.05) is 13.0 Å². The summed E-state index contributed by atoms with van der Waals surface area (Å²) in [6.07, 6.45) is 1.68. The summed E-state index contributed by atoms with van der Waals surface area (Å²) in [6, 6.07) is 15.2. The number of Topliss-reactive ketones (excluding diaryl/α,β-unsaturated/α-hetero) is 1. The molecule has 0 aliphatic carbocycles. The third-order valence-corrected chi connectivity index (χ3v) is 4.78. The number of aliphatic hydroxyl groups excluding tert-OH is 1. The first kappa shape index (κ1) is 18.2. The van der Waals surface area contributed by atoms with E-state index in [0.29, 0.717) is 17.1 Å². The molecule has 0 bridgehead atoms. The molecule has 0 unspecified atom stereocenters. The molecule has 0 radical (unpaired) electrons. The van der Waals surface area contributed by atoms with Crippen LogP contribution in [0.4, 0.5) is 0 Å². The molecule has 1 aliphatic heterocycles. The van der Waals surface area contributed by atoms with Crippen molar-refractivity contribution in [3.8, 4) is 0 Å². The summed E-state index contributed by atoms with van der Waals surface area (Å²) < 4.78 is 0. The molecule has 134 valence electrons. The largest absolute Gasteiger partial charge is 0.507 e. The van der Waals surface area contributed by atoms with Crippen LogP contribution in [0, 0.1) is 0 Å². The van der Waals surface area contributed by atoms with Crippen molar-refractivity contribution in [2.45, 2.75) is 25.8 Å². The van der Waals surface area contributed by atoms with Crippen molar-refractivity contribution in [2.24, 2.45) is 0 Å². The fourth-order valence-corrected chi connectivity index (χ4v) is 3.31. The number of benzene rings is 2. The highest BCUT2D eigenvalue weighted by atomic mass is 35.5. The zero-order chi connectivity index (χ0) is 18.7.